The zero-order valence-electron chi connectivity index (χ0n) is 13.3. The number of rotatable bonds is 6. The third-order valence-corrected chi connectivity index (χ3v) is 4.42. The molecule has 1 aromatic heterocycles. The van der Waals surface area contributed by atoms with Gasteiger partial charge in [-0.25, -0.2) is 0 Å². The topological polar surface area (TPSA) is 57.0 Å². The molecule has 3 aromatic rings. The molecule has 2 aromatic carbocycles. The van der Waals surface area contributed by atoms with Crippen LogP contribution < -0.4 is 0 Å². The van der Waals surface area contributed by atoms with Crippen LogP contribution in [0.15, 0.2) is 65.8 Å². The number of carbonyl (C=O) groups is 1. The molecule has 0 bridgehead atoms. The van der Waals surface area contributed by atoms with Crippen LogP contribution in [0, 0.1) is 0 Å². The smallest absolute Gasteiger partial charge is 0.316 e. The van der Waals surface area contributed by atoms with Crippen LogP contribution in [0.1, 0.15) is 5.56 Å². The number of ether oxygens (including phenoxy) is 1. The normalized spacial score (nSPS) is 10.5. The largest absolute Gasteiger partial charge is 0.468 e. The molecule has 1 heterocycles. The Morgan fingerprint density at radius 3 is 2.38 bits per heavy atom. The summed E-state index contributed by atoms with van der Waals surface area (Å²) in [5, 5.41) is 9.29. The Kier molecular flexibility index (Phi) is 5.28. The van der Waals surface area contributed by atoms with Crippen LogP contribution in [-0.2, 0) is 16.1 Å². The summed E-state index contributed by atoms with van der Waals surface area (Å²) < 4.78 is 6.73. The van der Waals surface area contributed by atoms with Gasteiger partial charge in [-0.15, -0.1) is 10.2 Å². The van der Waals surface area contributed by atoms with Gasteiger partial charge in [0.15, 0.2) is 11.0 Å². The van der Waals surface area contributed by atoms with Crippen molar-refractivity contribution < 1.29 is 9.53 Å². The summed E-state index contributed by atoms with van der Waals surface area (Å²) in [6.07, 6.45) is 0. The van der Waals surface area contributed by atoms with Crippen LogP contribution in [-0.4, -0.2) is 33.6 Å². The number of nitrogens with zero attached hydrogens (tertiary/aromatic N) is 3. The molecule has 0 aliphatic rings. The molecule has 0 saturated carbocycles. The van der Waals surface area contributed by atoms with E-state index in [1.165, 1.54) is 18.9 Å². The summed E-state index contributed by atoms with van der Waals surface area (Å²) in [6.45, 7) is 0.640. The van der Waals surface area contributed by atoms with Gasteiger partial charge in [0.05, 0.1) is 19.4 Å². The van der Waals surface area contributed by atoms with Crippen LogP contribution in [0.4, 0.5) is 0 Å². The molecule has 5 nitrogen and oxygen atoms in total. The lowest BCUT2D eigenvalue weighted by molar-refractivity contribution is -0.137. The Hall–Kier alpha value is -2.60. The van der Waals surface area contributed by atoms with Gasteiger partial charge in [-0.3, -0.25) is 9.36 Å². The summed E-state index contributed by atoms with van der Waals surface area (Å²) in [4.78, 5) is 11.4. The average Bonchev–Trinajstić information content (AvgIpc) is 3.04. The monoisotopic (exact) mass is 339 g/mol. The SMILES string of the molecule is COC(=O)CSc1nnc(-c2ccccc2)n1Cc1ccccc1. The van der Waals surface area contributed by atoms with Crippen molar-refractivity contribution in [2.75, 3.05) is 12.9 Å². The predicted octanol–water partition coefficient (Wildman–Crippen LogP) is 3.26. The number of benzene rings is 2. The fourth-order valence-corrected chi connectivity index (χ4v) is 3.06. The minimum atomic E-state index is -0.282. The molecule has 6 heteroatoms. The minimum absolute atomic E-state index is 0.207. The van der Waals surface area contributed by atoms with Crippen molar-refractivity contribution in [3.63, 3.8) is 0 Å². The van der Waals surface area contributed by atoms with E-state index in [1.807, 2.05) is 53.1 Å². The molecule has 0 radical (unpaired) electrons. The summed E-state index contributed by atoms with van der Waals surface area (Å²) >= 11 is 1.33. The number of carbonyl (C=O) groups excluding carboxylic acids is 1. The first-order valence-electron chi connectivity index (χ1n) is 7.50. The average molecular weight is 339 g/mol. The lowest BCUT2D eigenvalue weighted by atomic mass is 10.2. The molecular weight excluding hydrogens is 322 g/mol. The molecule has 3 rings (SSSR count). The Morgan fingerprint density at radius 2 is 1.71 bits per heavy atom. The Labute approximate surface area is 144 Å². The number of methoxy groups -OCH3 is 1. The molecule has 0 spiro atoms. The highest BCUT2D eigenvalue weighted by Gasteiger charge is 2.16. The Bertz CT molecular complexity index is 804. The zero-order valence-corrected chi connectivity index (χ0v) is 14.1. The van der Waals surface area contributed by atoms with Crippen molar-refractivity contribution in [1.29, 1.82) is 0 Å². The van der Waals surface area contributed by atoms with Gasteiger partial charge < -0.3 is 4.74 Å². The molecule has 0 amide bonds. The van der Waals surface area contributed by atoms with Crippen LogP contribution in [0.3, 0.4) is 0 Å². The van der Waals surface area contributed by atoms with E-state index in [-0.39, 0.29) is 11.7 Å². The molecule has 122 valence electrons. The van der Waals surface area contributed by atoms with Crippen LogP contribution in [0.5, 0.6) is 0 Å². The van der Waals surface area contributed by atoms with Gasteiger partial charge in [0.1, 0.15) is 0 Å². The van der Waals surface area contributed by atoms with Crippen molar-refractivity contribution >= 4 is 17.7 Å². The summed E-state index contributed by atoms with van der Waals surface area (Å²) in [5.74, 6) is 0.709. The number of aromatic nitrogens is 3. The van der Waals surface area contributed by atoms with Gasteiger partial charge in [0, 0.05) is 5.56 Å². The molecule has 0 saturated heterocycles. The second-order valence-electron chi connectivity index (χ2n) is 5.11. The zero-order chi connectivity index (χ0) is 16.8. The molecular formula is C18H17N3O2S. The maximum absolute atomic E-state index is 11.4. The van der Waals surface area contributed by atoms with E-state index in [0.717, 1.165) is 17.0 Å². The van der Waals surface area contributed by atoms with Gasteiger partial charge in [-0.05, 0) is 5.56 Å². The van der Waals surface area contributed by atoms with Gasteiger partial charge in [-0.2, -0.15) is 0 Å². The van der Waals surface area contributed by atoms with E-state index < -0.39 is 0 Å². The first-order valence-corrected chi connectivity index (χ1v) is 8.48. The molecule has 0 aliphatic carbocycles. The van der Waals surface area contributed by atoms with Gasteiger partial charge >= 0.3 is 5.97 Å². The predicted molar refractivity (Wildman–Crippen MR) is 93.7 cm³/mol. The number of esters is 1. The van der Waals surface area contributed by atoms with Crippen LogP contribution >= 0.6 is 11.8 Å². The maximum Gasteiger partial charge on any atom is 0.316 e. The third-order valence-electron chi connectivity index (χ3n) is 3.48. The van der Waals surface area contributed by atoms with Gasteiger partial charge in [0.2, 0.25) is 0 Å². The van der Waals surface area contributed by atoms with E-state index in [1.54, 1.807) is 0 Å². The molecule has 24 heavy (non-hydrogen) atoms. The first kappa shape index (κ1) is 16.3. The summed E-state index contributed by atoms with van der Waals surface area (Å²) in [7, 11) is 1.38. The van der Waals surface area contributed by atoms with Crippen molar-refractivity contribution in [3.05, 3.63) is 66.2 Å². The third kappa shape index (κ3) is 3.83. The molecule has 0 atom stereocenters. The van der Waals surface area contributed by atoms with E-state index >= 15 is 0 Å². The van der Waals surface area contributed by atoms with Crippen LogP contribution in [0.25, 0.3) is 11.4 Å². The lowest BCUT2D eigenvalue weighted by Gasteiger charge is -2.10. The van der Waals surface area contributed by atoms with Gasteiger partial charge in [0.25, 0.3) is 0 Å². The van der Waals surface area contributed by atoms with E-state index in [0.29, 0.717) is 11.7 Å². The Balaban J connectivity index is 1.94. The van der Waals surface area contributed by atoms with Crippen molar-refractivity contribution in [3.8, 4) is 11.4 Å². The van der Waals surface area contributed by atoms with Crippen LogP contribution in [0.2, 0.25) is 0 Å². The highest BCUT2D eigenvalue weighted by molar-refractivity contribution is 7.99. The molecule has 0 unspecified atom stereocenters. The van der Waals surface area contributed by atoms with Crippen molar-refractivity contribution in [2.24, 2.45) is 0 Å². The fourth-order valence-electron chi connectivity index (χ4n) is 2.29. The summed E-state index contributed by atoms with van der Waals surface area (Å²) in [6, 6.07) is 20.0. The number of thioether (sulfide) groups is 1. The standard InChI is InChI=1S/C18H17N3O2S/c1-23-16(22)13-24-18-20-19-17(15-10-6-3-7-11-15)21(18)12-14-8-4-2-5-9-14/h2-11H,12-13H2,1H3. The molecule has 0 aliphatic heterocycles. The fraction of sp³-hybridized carbons (Fsp3) is 0.167. The highest BCUT2D eigenvalue weighted by Crippen LogP contribution is 2.25. The minimum Gasteiger partial charge on any atom is -0.468 e. The lowest BCUT2D eigenvalue weighted by Crippen LogP contribution is -2.07. The van der Waals surface area contributed by atoms with E-state index in [4.69, 9.17) is 4.74 Å². The van der Waals surface area contributed by atoms with Crippen molar-refractivity contribution in [2.45, 2.75) is 11.7 Å². The second kappa shape index (κ2) is 7.79. The molecule has 0 fully saturated rings. The Morgan fingerprint density at radius 1 is 1.04 bits per heavy atom. The van der Waals surface area contributed by atoms with E-state index in [9.17, 15) is 4.79 Å². The quantitative estimate of drug-likeness (QED) is 0.510. The first-order chi connectivity index (χ1) is 11.8. The summed E-state index contributed by atoms with van der Waals surface area (Å²) in [5.41, 5.74) is 2.14. The van der Waals surface area contributed by atoms with Gasteiger partial charge in [-0.1, -0.05) is 72.4 Å². The number of hydrogen-bond donors (Lipinski definition) is 0. The van der Waals surface area contributed by atoms with Crippen molar-refractivity contribution in [1.82, 2.24) is 14.8 Å². The molecule has 0 N–H and O–H groups in total. The second-order valence-corrected chi connectivity index (χ2v) is 6.05. The van der Waals surface area contributed by atoms with E-state index in [2.05, 4.69) is 22.3 Å². The highest BCUT2D eigenvalue weighted by atomic mass is 32.2. The number of hydrogen-bond acceptors (Lipinski definition) is 5. The maximum atomic E-state index is 11.4.